The van der Waals surface area contributed by atoms with Gasteiger partial charge in [0.25, 0.3) is 5.91 Å². The van der Waals surface area contributed by atoms with Gasteiger partial charge in [-0.1, -0.05) is 30.3 Å². The van der Waals surface area contributed by atoms with Gasteiger partial charge in [0.1, 0.15) is 5.69 Å². The van der Waals surface area contributed by atoms with Crippen LogP contribution in [0, 0.1) is 5.41 Å². The Morgan fingerprint density at radius 3 is 2.58 bits per heavy atom. The largest absolute Gasteiger partial charge is 0.353 e. The second kappa shape index (κ2) is 8.67. The van der Waals surface area contributed by atoms with Crippen LogP contribution in [0.4, 0.5) is 0 Å². The highest BCUT2D eigenvalue weighted by atomic mass is 32.1. The minimum atomic E-state index is -0.636. The fourth-order valence-corrected chi connectivity index (χ4v) is 4.97. The number of nitrogens with one attached hydrogen (secondary N) is 1. The third-order valence-electron chi connectivity index (χ3n) is 5.88. The van der Waals surface area contributed by atoms with Crippen LogP contribution in [0.2, 0.25) is 0 Å². The average Bonchev–Trinajstić information content (AvgIpc) is 3.49. The zero-order chi connectivity index (χ0) is 22.0. The number of rotatable bonds is 6. The Balaban J connectivity index is 1.57. The Morgan fingerprint density at radius 1 is 1.19 bits per heavy atom. The van der Waals surface area contributed by atoms with E-state index in [1.807, 2.05) is 19.9 Å². The first-order chi connectivity index (χ1) is 14.9. The van der Waals surface area contributed by atoms with Gasteiger partial charge in [-0.25, -0.2) is 0 Å². The van der Waals surface area contributed by atoms with Gasteiger partial charge in [-0.15, -0.1) is 11.3 Å². The van der Waals surface area contributed by atoms with Crippen molar-refractivity contribution in [2.45, 2.75) is 32.7 Å². The summed E-state index contributed by atoms with van der Waals surface area (Å²) in [4.78, 5) is 29.3. The monoisotopic (exact) mass is 436 g/mol. The van der Waals surface area contributed by atoms with Crippen LogP contribution in [0.25, 0.3) is 10.4 Å². The summed E-state index contributed by atoms with van der Waals surface area (Å²) in [7, 11) is 1.76. The number of likely N-dealkylation sites (tertiary alicyclic amines) is 1. The van der Waals surface area contributed by atoms with E-state index < -0.39 is 5.41 Å². The van der Waals surface area contributed by atoms with Gasteiger partial charge in [-0.05, 0) is 55.3 Å². The summed E-state index contributed by atoms with van der Waals surface area (Å²) in [6, 6.07) is 14.4. The number of nitrogens with zero attached hydrogens (tertiary/aromatic N) is 3. The van der Waals surface area contributed by atoms with Crippen LogP contribution < -0.4 is 5.32 Å². The standard InChI is InChI=1S/C24H28N4O2S/c1-17(2)26-23(30)24(11-13-28(16-24)22(29)20-10-12-25-27(20)3)15-18-6-8-19(9-7-18)21-5-4-14-31-21/h4-10,12,14,17H,11,13,15-16H2,1-3H3,(H,26,30). The van der Waals surface area contributed by atoms with Crippen molar-refractivity contribution in [3.63, 3.8) is 0 Å². The zero-order valence-corrected chi connectivity index (χ0v) is 19.0. The molecule has 31 heavy (non-hydrogen) atoms. The Bertz CT molecular complexity index is 1060. The molecule has 1 aromatic carbocycles. The van der Waals surface area contributed by atoms with Gasteiger partial charge in [0.2, 0.25) is 5.91 Å². The lowest BCUT2D eigenvalue weighted by Crippen LogP contribution is -2.47. The van der Waals surface area contributed by atoms with Crippen LogP contribution in [-0.2, 0) is 18.3 Å². The molecule has 1 N–H and O–H groups in total. The number of amides is 2. The number of carbonyl (C=O) groups excluding carboxylic acids is 2. The SMILES string of the molecule is CC(C)NC(=O)C1(Cc2ccc(-c3cccs3)cc2)CCN(C(=O)c2ccnn2C)C1. The Labute approximate surface area is 186 Å². The molecule has 0 aliphatic carbocycles. The van der Waals surface area contributed by atoms with E-state index in [4.69, 9.17) is 0 Å². The molecule has 1 atom stereocenters. The number of hydrogen-bond acceptors (Lipinski definition) is 4. The van der Waals surface area contributed by atoms with Crippen LogP contribution in [0.3, 0.4) is 0 Å². The summed E-state index contributed by atoms with van der Waals surface area (Å²) >= 11 is 1.71. The molecule has 0 radical (unpaired) electrons. The highest BCUT2D eigenvalue weighted by Crippen LogP contribution is 2.36. The molecule has 7 heteroatoms. The summed E-state index contributed by atoms with van der Waals surface area (Å²) in [5.74, 6) is -0.0580. The Kier molecular flexibility index (Phi) is 5.96. The van der Waals surface area contributed by atoms with Crippen molar-refractivity contribution in [2.24, 2.45) is 12.5 Å². The molecule has 1 saturated heterocycles. The van der Waals surface area contributed by atoms with Crippen molar-refractivity contribution in [3.05, 3.63) is 65.3 Å². The molecular weight excluding hydrogens is 408 g/mol. The fourth-order valence-electron chi connectivity index (χ4n) is 4.24. The smallest absolute Gasteiger partial charge is 0.272 e. The maximum atomic E-state index is 13.3. The lowest BCUT2D eigenvalue weighted by atomic mass is 9.79. The predicted octanol–water partition coefficient (Wildman–Crippen LogP) is 3.75. The van der Waals surface area contributed by atoms with Crippen molar-refractivity contribution in [1.29, 1.82) is 0 Å². The molecule has 3 aromatic rings. The average molecular weight is 437 g/mol. The Hall–Kier alpha value is -2.93. The molecular formula is C24H28N4O2S. The first kappa shape index (κ1) is 21.3. The van der Waals surface area contributed by atoms with E-state index in [0.29, 0.717) is 31.6 Å². The van der Waals surface area contributed by atoms with E-state index in [-0.39, 0.29) is 17.9 Å². The van der Waals surface area contributed by atoms with Crippen molar-refractivity contribution >= 4 is 23.2 Å². The third-order valence-corrected chi connectivity index (χ3v) is 6.80. The van der Waals surface area contributed by atoms with Crippen molar-refractivity contribution in [1.82, 2.24) is 20.0 Å². The minimum Gasteiger partial charge on any atom is -0.353 e. The summed E-state index contributed by atoms with van der Waals surface area (Å²) in [5.41, 5.74) is 2.19. The summed E-state index contributed by atoms with van der Waals surface area (Å²) in [6.45, 7) is 4.90. The van der Waals surface area contributed by atoms with E-state index in [0.717, 1.165) is 5.56 Å². The number of aryl methyl sites for hydroxylation is 1. The molecule has 1 aliphatic rings. The summed E-state index contributed by atoms with van der Waals surface area (Å²) < 4.78 is 1.58. The van der Waals surface area contributed by atoms with Crippen LogP contribution in [0.1, 0.15) is 36.3 Å². The lowest BCUT2D eigenvalue weighted by Gasteiger charge is -2.29. The predicted molar refractivity (Wildman–Crippen MR) is 123 cm³/mol. The van der Waals surface area contributed by atoms with E-state index in [1.165, 1.54) is 10.4 Å². The topological polar surface area (TPSA) is 67.2 Å². The molecule has 6 nitrogen and oxygen atoms in total. The highest BCUT2D eigenvalue weighted by molar-refractivity contribution is 7.13. The number of hydrogen-bond donors (Lipinski definition) is 1. The fraction of sp³-hybridized carbons (Fsp3) is 0.375. The molecule has 1 unspecified atom stereocenters. The van der Waals surface area contributed by atoms with Gasteiger partial charge in [0, 0.05) is 37.3 Å². The Morgan fingerprint density at radius 2 is 1.97 bits per heavy atom. The van der Waals surface area contributed by atoms with Crippen LogP contribution in [-0.4, -0.2) is 45.6 Å². The normalized spacial score (nSPS) is 18.5. The quantitative estimate of drug-likeness (QED) is 0.640. The maximum absolute atomic E-state index is 13.3. The molecule has 0 spiro atoms. The first-order valence-electron chi connectivity index (χ1n) is 10.6. The maximum Gasteiger partial charge on any atom is 0.272 e. The molecule has 1 fully saturated rings. The number of thiophene rings is 1. The lowest BCUT2D eigenvalue weighted by molar-refractivity contribution is -0.130. The van der Waals surface area contributed by atoms with Gasteiger partial charge in [0.15, 0.2) is 0 Å². The van der Waals surface area contributed by atoms with E-state index >= 15 is 0 Å². The third kappa shape index (κ3) is 4.42. The second-order valence-electron chi connectivity index (χ2n) is 8.58. The van der Waals surface area contributed by atoms with E-state index in [9.17, 15) is 9.59 Å². The van der Waals surface area contributed by atoms with Crippen molar-refractivity contribution in [2.75, 3.05) is 13.1 Å². The van der Waals surface area contributed by atoms with Crippen LogP contribution in [0.15, 0.2) is 54.0 Å². The van der Waals surface area contributed by atoms with Crippen molar-refractivity contribution in [3.8, 4) is 10.4 Å². The molecule has 0 bridgehead atoms. The van der Waals surface area contributed by atoms with Gasteiger partial charge in [0.05, 0.1) is 5.41 Å². The second-order valence-corrected chi connectivity index (χ2v) is 9.52. The van der Waals surface area contributed by atoms with Gasteiger partial charge in [-0.3, -0.25) is 14.3 Å². The molecule has 2 amide bonds. The van der Waals surface area contributed by atoms with E-state index in [1.54, 1.807) is 40.2 Å². The summed E-state index contributed by atoms with van der Waals surface area (Å²) in [5, 5.41) is 9.27. The molecule has 162 valence electrons. The van der Waals surface area contributed by atoms with Gasteiger partial charge in [-0.2, -0.15) is 5.10 Å². The molecule has 2 aromatic heterocycles. The molecule has 1 aliphatic heterocycles. The van der Waals surface area contributed by atoms with Crippen molar-refractivity contribution < 1.29 is 9.59 Å². The molecule has 0 saturated carbocycles. The number of benzene rings is 1. The number of carbonyl (C=O) groups is 2. The highest BCUT2D eigenvalue weighted by Gasteiger charge is 2.46. The number of aromatic nitrogens is 2. The minimum absolute atomic E-state index is 0.0186. The van der Waals surface area contributed by atoms with Crippen LogP contribution in [0.5, 0.6) is 0 Å². The van der Waals surface area contributed by atoms with Crippen LogP contribution >= 0.6 is 11.3 Å². The first-order valence-corrected chi connectivity index (χ1v) is 11.5. The zero-order valence-electron chi connectivity index (χ0n) is 18.2. The van der Waals surface area contributed by atoms with Gasteiger partial charge >= 0.3 is 0 Å². The molecule has 3 heterocycles. The molecule has 4 rings (SSSR count). The summed E-state index contributed by atoms with van der Waals surface area (Å²) in [6.07, 6.45) is 2.87. The van der Waals surface area contributed by atoms with Gasteiger partial charge < -0.3 is 10.2 Å². The van der Waals surface area contributed by atoms with E-state index in [2.05, 4.69) is 46.1 Å².